The molecule has 0 aromatic heterocycles. The summed E-state index contributed by atoms with van der Waals surface area (Å²) in [6.45, 7) is 5.05. The summed E-state index contributed by atoms with van der Waals surface area (Å²) in [4.78, 5) is 2.78. The van der Waals surface area contributed by atoms with Crippen molar-refractivity contribution in [3.05, 3.63) is 0 Å². The number of piperidine rings is 1. The van der Waals surface area contributed by atoms with Crippen LogP contribution in [-0.4, -0.2) is 47.3 Å². The van der Waals surface area contributed by atoms with Gasteiger partial charge >= 0.3 is 0 Å². The first kappa shape index (κ1) is 15.8. The maximum atomic E-state index is 9.60. The summed E-state index contributed by atoms with van der Waals surface area (Å²) in [5.41, 5.74) is 0. The van der Waals surface area contributed by atoms with Crippen molar-refractivity contribution < 1.29 is 5.11 Å². The monoisotopic (exact) mass is 294 g/mol. The summed E-state index contributed by atoms with van der Waals surface area (Å²) < 4.78 is 0. The number of nitrogens with zero attached hydrogens (tertiary/aromatic N) is 1. The zero-order valence-electron chi connectivity index (χ0n) is 13.8. The van der Waals surface area contributed by atoms with E-state index in [-0.39, 0.29) is 6.10 Å². The second kappa shape index (κ2) is 7.43. The maximum Gasteiger partial charge on any atom is 0.0541 e. The quantitative estimate of drug-likeness (QED) is 0.840. The highest BCUT2D eigenvalue weighted by Crippen LogP contribution is 2.30. The molecule has 3 fully saturated rings. The van der Waals surface area contributed by atoms with E-state index in [0.717, 1.165) is 30.8 Å². The van der Waals surface area contributed by atoms with Gasteiger partial charge < -0.3 is 15.3 Å². The SMILES string of the molecule is CC1CCCCC1N1CCC(NC2CCC(O)CC2)CC1. The molecule has 2 atom stereocenters. The van der Waals surface area contributed by atoms with Crippen LogP contribution >= 0.6 is 0 Å². The lowest BCUT2D eigenvalue weighted by Gasteiger charge is -2.43. The highest BCUT2D eigenvalue weighted by Gasteiger charge is 2.31. The Balaban J connectivity index is 1.40. The van der Waals surface area contributed by atoms with Crippen LogP contribution in [0, 0.1) is 5.92 Å². The molecule has 2 saturated carbocycles. The highest BCUT2D eigenvalue weighted by atomic mass is 16.3. The molecule has 2 aliphatic carbocycles. The van der Waals surface area contributed by atoms with Gasteiger partial charge in [-0.25, -0.2) is 0 Å². The standard InChI is InChI=1S/C18H34N2O/c1-14-4-2-3-5-18(14)20-12-10-16(11-13-20)19-15-6-8-17(21)9-7-15/h14-19,21H,2-13H2,1H3. The summed E-state index contributed by atoms with van der Waals surface area (Å²) in [5.74, 6) is 0.906. The Hall–Kier alpha value is -0.120. The fourth-order valence-electron chi connectivity index (χ4n) is 4.81. The molecule has 1 heterocycles. The van der Waals surface area contributed by atoms with Crippen LogP contribution in [0.1, 0.15) is 71.1 Å². The van der Waals surface area contributed by atoms with Gasteiger partial charge in [0, 0.05) is 18.1 Å². The Labute approximate surface area is 130 Å². The second-order valence-corrected chi connectivity index (χ2v) is 7.81. The minimum atomic E-state index is -0.0299. The third-order valence-corrected chi connectivity index (χ3v) is 6.23. The van der Waals surface area contributed by atoms with Crippen LogP contribution in [0.4, 0.5) is 0 Å². The average molecular weight is 294 g/mol. The van der Waals surface area contributed by atoms with Crippen molar-refractivity contribution in [2.45, 2.75) is 95.4 Å². The number of nitrogens with one attached hydrogen (secondary N) is 1. The summed E-state index contributed by atoms with van der Waals surface area (Å²) in [5, 5.41) is 13.5. The Morgan fingerprint density at radius 2 is 1.43 bits per heavy atom. The molecule has 0 amide bonds. The molecule has 3 nitrogen and oxygen atoms in total. The van der Waals surface area contributed by atoms with Crippen molar-refractivity contribution in [2.75, 3.05) is 13.1 Å². The largest absolute Gasteiger partial charge is 0.393 e. The van der Waals surface area contributed by atoms with Crippen molar-refractivity contribution in [1.29, 1.82) is 0 Å². The summed E-state index contributed by atoms with van der Waals surface area (Å²) in [7, 11) is 0. The fraction of sp³-hybridized carbons (Fsp3) is 1.00. The van der Waals surface area contributed by atoms with Gasteiger partial charge in [-0.3, -0.25) is 0 Å². The van der Waals surface area contributed by atoms with E-state index in [4.69, 9.17) is 0 Å². The molecular weight excluding hydrogens is 260 g/mol. The molecule has 0 bridgehead atoms. The molecule has 0 aromatic carbocycles. The fourth-order valence-corrected chi connectivity index (χ4v) is 4.81. The van der Waals surface area contributed by atoms with E-state index in [1.807, 2.05) is 0 Å². The molecule has 1 saturated heterocycles. The van der Waals surface area contributed by atoms with Crippen LogP contribution in [0.2, 0.25) is 0 Å². The van der Waals surface area contributed by atoms with Crippen LogP contribution in [0.25, 0.3) is 0 Å². The number of hydrogen-bond donors (Lipinski definition) is 2. The molecule has 122 valence electrons. The van der Waals surface area contributed by atoms with E-state index >= 15 is 0 Å². The zero-order chi connectivity index (χ0) is 14.7. The molecule has 3 heteroatoms. The third kappa shape index (κ3) is 4.20. The summed E-state index contributed by atoms with van der Waals surface area (Å²) >= 11 is 0. The Morgan fingerprint density at radius 1 is 0.810 bits per heavy atom. The van der Waals surface area contributed by atoms with Gasteiger partial charge in [-0.05, 0) is 70.4 Å². The molecule has 1 aliphatic heterocycles. The van der Waals surface area contributed by atoms with Crippen LogP contribution in [-0.2, 0) is 0 Å². The summed E-state index contributed by atoms with van der Waals surface area (Å²) in [6.07, 6.45) is 12.7. The Morgan fingerprint density at radius 3 is 2.10 bits per heavy atom. The smallest absolute Gasteiger partial charge is 0.0541 e. The van der Waals surface area contributed by atoms with Crippen LogP contribution in [0.5, 0.6) is 0 Å². The maximum absolute atomic E-state index is 9.60. The van der Waals surface area contributed by atoms with Gasteiger partial charge in [-0.15, -0.1) is 0 Å². The normalized spacial score (nSPS) is 40.3. The predicted molar refractivity (Wildman–Crippen MR) is 87.4 cm³/mol. The Kier molecular flexibility index (Phi) is 5.58. The number of likely N-dealkylation sites (tertiary alicyclic amines) is 1. The number of aliphatic hydroxyl groups excluding tert-OH is 1. The van der Waals surface area contributed by atoms with Gasteiger partial charge in [0.1, 0.15) is 0 Å². The number of hydrogen-bond acceptors (Lipinski definition) is 3. The lowest BCUT2D eigenvalue weighted by atomic mass is 9.83. The van der Waals surface area contributed by atoms with E-state index in [0.29, 0.717) is 6.04 Å². The van der Waals surface area contributed by atoms with Crippen molar-refractivity contribution in [3.8, 4) is 0 Å². The lowest BCUT2D eigenvalue weighted by Crippen LogP contribution is -2.51. The van der Waals surface area contributed by atoms with Crippen molar-refractivity contribution >= 4 is 0 Å². The van der Waals surface area contributed by atoms with Crippen molar-refractivity contribution in [3.63, 3.8) is 0 Å². The van der Waals surface area contributed by atoms with Crippen LogP contribution in [0.3, 0.4) is 0 Å². The van der Waals surface area contributed by atoms with Gasteiger partial charge in [-0.2, -0.15) is 0 Å². The number of aliphatic hydroxyl groups is 1. The van der Waals surface area contributed by atoms with E-state index < -0.39 is 0 Å². The van der Waals surface area contributed by atoms with Gasteiger partial charge in [0.15, 0.2) is 0 Å². The minimum Gasteiger partial charge on any atom is -0.393 e. The molecule has 2 unspecified atom stereocenters. The molecule has 0 aromatic rings. The van der Waals surface area contributed by atoms with Crippen molar-refractivity contribution in [2.24, 2.45) is 5.92 Å². The molecule has 3 rings (SSSR count). The van der Waals surface area contributed by atoms with Gasteiger partial charge in [0.25, 0.3) is 0 Å². The number of rotatable bonds is 3. The van der Waals surface area contributed by atoms with Gasteiger partial charge in [-0.1, -0.05) is 19.8 Å². The first-order chi connectivity index (χ1) is 10.2. The first-order valence-corrected chi connectivity index (χ1v) is 9.40. The van der Waals surface area contributed by atoms with E-state index in [1.165, 1.54) is 64.5 Å². The minimum absolute atomic E-state index is 0.0299. The van der Waals surface area contributed by atoms with E-state index in [1.54, 1.807) is 0 Å². The van der Waals surface area contributed by atoms with Gasteiger partial charge in [0.05, 0.1) is 6.10 Å². The van der Waals surface area contributed by atoms with Crippen molar-refractivity contribution in [1.82, 2.24) is 10.2 Å². The third-order valence-electron chi connectivity index (χ3n) is 6.23. The first-order valence-electron chi connectivity index (χ1n) is 9.40. The van der Waals surface area contributed by atoms with Crippen LogP contribution < -0.4 is 5.32 Å². The molecule has 21 heavy (non-hydrogen) atoms. The molecule has 2 N–H and O–H groups in total. The molecular formula is C18H34N2O. The molecule has 3 aliphatic rings. The average Bonchev–Trinajstić information content (AvgIpc) is 2.51. The Bertz CT molecular complexity index is 306. The topological polar surface area (TPSA) is 35.5 Å². The highest BCUT2D eigenvalue weighted by molar-refractivity contribution is 4.88. The van der Waals surface area contributed by atoms with E-state index in [2.05, 4.69) is 17.1 Å². The predicted octanol–water partition coefficient (Wildman–Crippen LogP) is 2.92. The van der Waals surface area contributed by atoms with Gasteiger partial charge in [0.2, 0.25) is 0 Å². The molecule has 0 radical (unpaired) electrons. The lowest BCUT2D eigenvalue weighted by molar-refractivity contribution is 0.0735. The second-order valence-electron chi connectivity index (χ2n) is 7.81. The van der Waals surface area contributed by atoms with Crippen LogP contribution in [0.15, 0.2) is 0 Å². The van der Waals surface area contributed by atoms with E-state index in [9.17, 15) is 5.11 Å². The summed E-state index contributed by atoms with van der Waals surface area (Å²) in [6, 6.07) is 2.25. The molecule has 0 spiro atoms. The zero-order valence-corrected chi connectivity index (χ0v) is 13.8.